The second-order valence-corrected chi connectivity index (χ2v) is 6.02. The molecular formula is C17H25ClN2O4. The van der Waals surface area contributed by atoms with Gasteiger partial charge in [0.2, 0.25) is 0 Å². The Morgan fingerprint density at radius 2 is 2.17 bits per heavy atom. The minimum atomic E-state index is -0.417. The molecule has 0 radical (unpaired) electrons. The molecule has 0 spiro atoms. The summed E-state index contributed by atoms with van der Waals surface area (Å²) in [6, 6.07) is 7.40. The summed E-state index contributed by atoms with van der Waals surface area (Å²) in [5.74, 6) is 0.600. The van der Waals surface area contributed by atoms with Crippen LogP contribution in [0.1, 0.15) is 25.7 Å². The maximum Gasteiger partial charge on any atom is 0.253 e. The Hall–Kier alpha value is -1.34. The molecule has 7 heteroatoms. The van der Waals surface area contributed by atoms with Crippen LogP contribution in [-0.2, 0) is 14.3 Å². The van der Waals surface area contributed by atoms with Crippen LogP contribution >= 0.6 is 12.4 Å². The van der Waals surface area contributed by atoms with Crippen molar-refractivity contribution in [3.05, 3.63) is 24.3 Å². The largest absolute Gasteiger partial charge is 0.491 e. The van der Waals surface area contributed by atoms with Crippen LogP contribution in [0.5, 0.6) is 5.75 Å². The first-order valence-electron chi connectivity index (χ1n) is 8.25. The normalized spacial score (nSPS) is 26.0. The van der Waals surface area contributed by atoms with Gasteiger partial charge in [0.15, 0.2) is 0 Å². The molecule has 3 N–H and O–H groups in total. The van der Waals surface area contributed by atoms with Crippen LogP contribution in [0, 0.1) is 0 Å². The molecule has 3 atom stereocenters. The van der Waals surface area contributed by atoms with Gasteiger partial charge >= 0.3 is 0 Å². The summed E-state index contributed by atoms with van der Waals surface area (Å²) >= 11 is 0. The van der Waals surface area contributed by atoms with E-state index < -0.39 is 6.10 Å². The molecule has 1 aromatic carbocycles. The van der Waals surface area contributed by atoms with Crippen LogP contribution in [0.3, 0.4) is 0 Å². The standard InChI is InChI=1S/C17H24N2O4.ClH/c18-10-14-6-7-16(23-14)17(20)19-12-3-1-4-13(9-12)22-11-15-5-2-8-21-15;/h1,3-4,9,14-16H,2,5-8,10-11,18H2,(H,19,20);1H/t14-,15?,16+;/m1./s1. The predicted octanol–water partition coefficient (Wildman–Crippen LogP) is 2.11. The highest BCUT2D eigenvalue weighted by molar-refractivity contribution is 5.94. The Morgan fingerprint density at radius 3 is 2.88 bits per heavy atom. The lowest BCUT2D eigenvalue weighted by Gasteiger charge is -2.14. The minimum absolute atomic E-state index is 0. The summed E-state index contributed by atoms with van der Waals surface area (Å²) in [7, 11) is 0. The van der Waals surface area contributed by atoms with E-state index in [1.807, 2.05) is 24.3 Å². The van der Waals surface area contributed by atoms with E-state index >= 15 is 0 Å². The van der Waals surface area contributed by atoms with Gasteiger partial charge in [0.05, 0.1) is 12.2 Å². The van der Waals surface area contributed by atoms with Gasteiger partial charge in [-0.1, -0.05) is 6.07 Å². The van der Waals surface area contributed by atoms with Gasteiger partial charge in [0.25, 0.3) is 5.91 Å². The Bertz CT molecular complexity index is 537. The van der Waals surface area contributed by atoms with E-state index in [9.17, 15) is 4.79 Å². The molecule has 0 aliphatic carbocycles. The van der Waals surface area contributed by atoms with Gasteiger partial charge in [0, 0.05) is 24.9 Å². The van der Waals surface area contributed by atoms with Crippen molar-refractivity contribution in [3.8, 4) is 5.75 Å². The Kier molecular flexibility index (Phi) is 7.30. The van der Waals surface area contributed by atoms with Crippen LogP contribution < -0.4 is 15.8 Å². The van der Waals surface area contributed by atoms with Gasteiger partial charge in [-0.05, 0) is 37.8 Å². The molecule has 1 amide bonds. The SMILES string of the molecule is Cl.NC[C@H]1CC[C@@H](C(=O)Nc2cccc(OCC3CCCO3)c2)O1. The summed E-state index contributed by atoms with van der Waals surface area (Å²) in [5.41, 5.74) is 6.28. The first-order valence-corrected chi connectivity index (χ1v) is 8.25. The van der Waals surface area contributed by atoms with Gasteiger partial charge in [-0.2, -0.15) is 0 Å². The first-order chi connectivity index (χ1) is 11.2. The molecule has 2 saturated heterocycles. The molecule has 2 heterocycles. The van der Waals surface area contributed by atoms with E-state index in [-0.39, 0.29) is 30.5 Å². The molecule has 134 valence electrons. The summed E-state index contributed by atoms with van der Waals surface area (Å²) in [5, 5.41) is 2.88. The molecule has 0 bridgehead atoms. The number of benzene rings is 1. The van der Waals surface area contributed by atoms with E-state index in [4.69, 9.17) is 19.9 Å². The molecule has 3 rings (SSSR count). The zero-order chi connectivity index (χ0) is 16.1. The van der Waals surface area contributed by atoms with Gasteiger partial charge in [-0.25, -0.2) is 0 Å². The topological polar surface area (TPSA) is 82.8 Å². The van der Waals surface area contributed by atoms with Crippen LogP contribution in [-0.4, -0.2) is 44.0 Å². The number of carbonyl (C=O) groups is 1. The smallest absolute Gasteiger partial charge is 0.253 e. The number of nitrogens with two attached hydrogens (primary N) is 1. The van der Waals surface area contributed by atoms with E-state index in [0.717, 1.165) is 31.6 Å². The van der Waals surface area contributed by atoms with Crippen LogP contribution in [0.15, 0.2) is 24.3 Å². The molecule has 1 aromatic rings. The van der Waals surface area contributed by atoms with Crippen LogP contribution in [0.4, 0.5) is 5.69 Å². The van der Waals surface area contributed by atoms with Gasteiger partial charge in [-0.15, -0.1) is 12.4 Å². The van der Waals surface area contributed by atoms with Crippen molar-refractivity contribution in [1.29, 1.82) is 0 Å². The van der Waals surface area contributed by atoms with Crippen molar-refractivity contribution < 1.29 is 19.0 Å². The number of amides is 1. The molecule has 0 aromatic heterocycles. The van der Waals surface area contributed by atoms with E-state index in [0.29, 0.717) is 25.3 Å². The van der Waals surface area contributed by atoms with E-state index in [2.05, 4.69) is 5.32 Å². The number of hydrogen-bond donors (Lipinski definition) is 2. The zero-order valence-corrected chi connectivity index (χ0v) is 14.4. The molecule has 0 saturated carbocycles. The molecule has 6 nitrogen and oxygen atoms in total. The maximum atomic E-state index is 12.2. The molecule has 2 aliphatic rings. The second-order valence-electron chi connectivity index (χ2n) is 6.02. The van der Waals surface area contributed by atoms with Crippen molar-refractivity contribution in [3.63, 3.8) is 0 Å². The number of hydrogen-bond acceptors (Lipinski definition) is 5. The van der Waals surface area contributed by atoms with Crippen molar-refractivity contribution in [2.24, 2.45) is 5.73 Å². The molecule has 2 fully saturated rings. The monoisotopic (exact) mass is 356 g/mol. The van der Waals surface area contributed by atoms with Crippen LogP contribution in [0.2, 0.25) is 0 Å². The third kappa shape index (κ3) is 5.08. The molecule has 24 heavy (non-hydrogen) atoms. The minimum Gasteiger partial charge on any atom is -0.491 e. The highest BCUT2D eigenvalue weighted by Gasteiger charge is 2.29. The maximum absolute atomic E-state index is 12.2. The number of halogens is 1. The highest BCUT2D eigenvalue weighted by atomic mass is 35.5. The second kappa shape index (κ2) is 9.22. The Labute approximate surface area is 148 Å². The number of ether oxygens (including phenoxy) is 3. The lowest BCUT2D eigenvalue weighted by atomic mass is 10.2. The fraction of sp³-hybridized carbons (Fsp3) is 0.588. The Balaban J connectivity index is 0.00000208. The van der Waals surface area contributed by atoms with Crippen molar-refractivity contribution in [2.45, 2.75) is 44.0 Å². The number of nitrogens with one attached hydrogen (secondary N) is 1. The fourth-order valence-electron chi connectivity index (χ4n) is 2.92. The van der Waals surface area contributed by atoms with Gasteiger partial charge in [0.1, 0.15) is 18.5 Å². The third-order valence-corrected chi connectivity index (χ3v) is 4.22. The quantitative estimate of drug-likeness (QED) is 0.815. The number of carbonyl (C=O) groups excluding carboxylic acids is 1. The summed E-state index contributed by atoms with van der Waals surface area (Å²) in [6.45, 7) is 1.81. The molecule has 1 unspecified atom stereocenters. The zero-order valence-electron chi connectivity index (χ0n) is 13.6. The lowest BCUT2D eigenvalue weighted by Crippen LogP contribution is -2.29. The average Bonchev–Trinajstić information content (AvgIpc) is 3.25. The number of rotatable bonds is 6. The number of anilines is 1. The average molecular weight is 357 g/mol. The van der Waals surface area contributed by atoms with E-state index in [1.165, 1.54) is 0 Å². The summed E-state index contributed by atoms with van der Waals surface area (Å²) in [4.78, 5) is 12.2. The predicted molar refractivity (Wildman–Crippen MR) is 93.7 cm³/mol. The highest BCUT2D eigenvalue weighted by Crippen LogP contribution is 2.23. The van der Waals surface area contributed by atoms with Crippen molar-refractivity contribution in [2.75, 3.05) is 25.1 Å². The van der Waals surface area contributed by atoms with Gasteiger partial charge in [-0.3, -0.25) is 4.79 Å². The van der Waals surface area contributed by atoms with Crippen molar-refractivity contribution in [1.82, 2.24) is 0 Å². The Morgan fingerprint density at radius 1 is 1.29 bits per heavy atom. The lowest BCUT2D eigenvalue weighted by molar-refractivity contribution is -0.126. The first kappa shape index (κ1) is 19.0. The van der Waals surface area contributed by atoms with Crippen molar-refractivity contribution >= 4 is 24.0 Å². The van der Waals surface area contributed by atoms with Crippen LogP contribution in [0.25, 0.3) is 0 Å². The summed E-state index contributed by atoms with van der Waals surface area (Å²) < 4.78 is 16.9. The fourth-order valence-corrected chi connectivity index (χ4v) is 2.92. The summed E-state index contributed by atoms with van der Waals surface area (Å²) in [6.07, 6.45) is 3.43. The molecular weight excluding hydrogens is 332 g/mol. The van der Waals surface area contributed by atoms with Gasteiger partial charge < -0.3 is 25.3 Å². The third-order valence-electron chi connectivity index (χ3n) is 4.22. The van der Waals surface area contributed by atoms with E-state index in [1.54, 1.807) is 0 Å². The molecule has 2 aliphatic heterocycles.